The molecule has 1 aliphatic heterocycles. The molecule has 1 fully saturated rings. The Kier molecular flexibility index (Phi) is 4.83. The van der Waals surface area contributed by atoms with Gasteiger partial charge in [0.1, 0.15) is 11.6 Å². The van der Waals surface area contributed by atoms with E-state index in [1.54, 1.807) is 12.1 Å². The average Bonchev–Trinajstić information content (AvgIpc) is 3.18. The van der Waals surface area contributed by atoms with E-state index in [4.69, 9.17) is 4.98 Å². The fourth-order valence-corrected chi connectivity index (χ4v) is 3.90. The molecule has 0 saturated carbocycles. The van der Waals surface area contributed by atoms with Crippen molar-refractivity contribution in [3.63, 3.8) is 0 Å². The van der Waals surface area contributed by atoms with Gasteiger partial charge in [0.15, 0.2) is 0 Å². The number of halogens is 2. The molecule has 6 heteroatoms. The number of carbonyl (C=O) groups excluding carboxylic acids is 1. The first-order valence-electron chi connectivity index (χ1n) is 8.82. The Morgan fingerprint density at radius 2 is 1.96 bits per heavy atom. The van der Waals surface area contributed by atoms with E-state index >= 15 is 0 Å². The summed E-state index contributed by atoms with van der Waals surface area (Å²) in [6, 6.07) is 14.3. The maximum atomic E-state index is 13.1. The number of rotatable bonds is 5. The van der Waals surface area contributed by atoms with E-state index in [0.717, 1.165) is 26.9 Å². The molecule has 0 radical (unpaired) electrons. The number of hydrogen-bond acceptors (Lipinski definition) is 2. The van der Waals surface area contributed by atoms with Crippen LogP contribution in [0.2, 0.25) is 0 Å². The molecule has 0 spiro atoms. The van der Waals surface area contributed by atoms with Gasteiger partial charge in [-0.15, -0.1) is 0 Å². The molecule has 1 amide bonds. The van der Waals surface area contributed by atoms with Gasteiger partial charge in [-0.1, -0.05) is 46.8 Å². The Labute approximate surface area is 165 Å². The number of nitrogens with zero attached hydrogens (tertiary/aromatic N) is 3. The monoisotopic (exact) mass is 427 g/mol. The summed E-state index contributed by atoms with van der Waals surface area (Å²) in [5, 5.41) is 0. The molecule has 3 aromatic rings. The van der Waals surface area contributed by atoms with Crippen molar-refractivity contribution in [3.05, 3.63) is 76.8 Å². The third-order valence-electron chi connectivity index (χ3n) is 4.88. The minimum absolute atomic E-state index is 0.0252. The topological polar surface area (TPSA) is 38.1 Å². The van der Waals surface area contributed by atoms with Crippen LogP contribution in [0.5, 0.6) is 0 Å². The number of allylic oxidation sites excluding steroid dienone is 1. The molecule has 0 aliphatic carbocycles. The Morgan fingerprint density at radius 3 is 2.70 bits per heavy atom. The number of amides is 1. The van der Waals surface area contributed by atoms with Gasteiger partial charge in [0.2, 0.25) is 5.91 Å². The molecule has 27 heavy (non-hydrogen) atoms. The molecule has 1 atom stereocenters. The van der Waals surface area contributed by atoms with Crippen LogP contribution in [0.15, 0.2) is 59.6 Å². The third-order valence-corrected chi connectivity index (χ3v) is 5.13. The van der Waals surface area contributed by atoms with Gasteiger partial charge in [-0.05, 0) is 29.8 Å². The first kappa shape index (κ1) is 17.9. The standard InChI is InChI=1S/C21H19BrFN3O/c1-14(22)11-26-19-5-3-2-4-18(19)24-21(26)16-10-20(27)25(13-16)12-15-6-8-17(23)9-7-15/h2-9,16H,1,10-13H2. The van der Waals surface area contributed by atoms with Gasteiger partial charge in [0, 0.05) is 29.9 Å². The minimum Gasteiger partial charge on any atom is -0.338 e. The van der Waals surface area contributed by atoms with Crippen molar-refractivity contribution in [3.8, 4) is 0 Å². The van der Waals surface area contributed by atoms with Crippen molar-refractivity contribution in [2.24, 2.45) is 0 Å². The number of fused-ring (bicyclic) bond motifs is 1. The molecular weight excluding hydrogens is 409 g/mol. The number of carbonyl (C=O) groups is 1. The molecule has 0 N–H and O–H groups in total. The van der Waals surface area contributed by atoms with Crippen molar-refractivity contribution in [1.82, 2.24) is 14.5 Å². The molecule has 2 aromatic carbocycles. The molecule has 1 saturated heterocycles. The zero-order valence-corrected chi connectivity index (χ0v) is 16.3. The summed E-state index contributed by atoms with van der Waals surface area (Å²) < 4.78 is 16.1. The number of benzene rings is 2. The van der Waals surface area contributed by atoms with E-state index in [2.05, 4.69) is 27.1 Å². The van der Waals surface area contributed by atoms with E-state index in [-0.39, 0.29) is 17.6 Å². The van der Waals surface area contributed by atoms with Crippen LogP contribution in [0.1, 0.15) is 23.7 Å². The second kappa shape index (κ2) is 7.27. The minimum atomic E-state index is -0.270. The van der Waals surface area contributed by atoms with Gasteiger partial charge < -0.3 is 9.47 Å². The van der Waals surface area contributed by atoms with E-state index in [1.165, 1.54) is 12.1 Å². The highest BCUT2D eigenvalue weighted by Crippen LogP contribution is 2.32. The summed E-state index contributed by atoms with van der Waals surface area (Å²) in [5.74, 6) is 0.762. The van der Waals surface area contributed by atoms with Crippen molar-refractivity contribution in [1.29, 1.82) is 0 Å². The summed E-state index contributed by atoms with van der Waals surface area (Å²) in [6.07, 6.45) is 0.430. The van der Waals surface area contributed by atoms with E-state index in [1.807, 2.05) is 29.2 Å². The number of likely N-dealkylation sites (tertiary alicyclic amines) is 1. The summed E-state index contributed by atoms with van der Waals surface area (Å²) in [7, 11) is 0. The molecule has 2 heterocycles. The zero-order valence-electron chi connectivity index (χ0n) is 14.7. The third kappa shape index (κ3) is 3.67. The quantitative estimate of drug-likeness (QED) is 0.596. The average molecular weight is 428 g/mol. The largest absolute Gasteiger partial charge is 0.338 e. The van der Waals surface area contributed by atoms with Gasteiger partial charge in [-0.25, -0.2) is 9.37 Å². The lowest BCUT2D eigenvalue weighted by atomic mass is 10.1. The number of aromatic nitrogens is 2. The SMILES string of the molecule is C=C(Br)Cn1c(C2CC(=O)N(Cc3ccc(F)cc3)C2)nc2ccccc21. The van der Waals surface area contributed by atoms with Crippen LogP contribution < -0.4 is 0 Å². The molecule has 4 nitrogen and oxygen atoms in total. The van der Waals surface area contributed by atoms with E-state index < -0.39 is 0 Å². The van der Waals surface area contributed by atoms with Gasteiger partial charge >= 0.3 is 0 Å². The van der Waals surface area contributed by atoms with Gasteiger partial charge in [-0.2, -0.15) is 0 Å². The first-order chi connectivity index (χ1) is 13.0. The lowest BCUT2D eigenvalue weighted by Gasteiger charge is -2.17. The fourth-order valence-electron chi connectivity index (χ4n) is 3.65. The number of hydrogen-bond donors (Lipinski definition) is 0. The lowest BCUT2D eigenvalue weighted by molar-refractivity contribution is -0.128. The predicted octanol–water partition coefficient (Wildman–Crippen LogP) is 4.60. The Hall–Kier alpha value is -2.47. The molecule has 1 unspecified atom stereocenters. The zero-order chi connectivity index (χ0) is 19.0. The van der Waals surface area contributed by atoms with E-state index in [9.17, 15) is 9.18 Å². The van der Waals surface area contributed by atoms with Crippen LogP contribution in [0.3, 0.4) is 0 Å². The summed E-state index contributed by atoms with van der Waals surface area (Å²) >= 11 is 3.45. The van der Waals surface area contributed by atoms with Crippen molar-refractivity contribution in [2.75, 3.05) is 6.54 Å². The highest BCUT2D eigenvalue weighted by atomic mass is 79.9. The molecule has 0 bridgehead atoms. The highest BCUT2D eigenvalue weighted by Gasteiger charge is 2.34. The van der Waals surface area contributed by atoms with Gasteiger partial charge in [0.05, 0.1) is 17.6 Å². The summed E-state index contributed by atoms with van der Waals surface area (Å²) in [4.78, 5) is 19.2. The van der Waals surface area contributed by atoms with Crippen LogP contribution in [-0.4, -0.2) is 26.9 Å². The van der Waals surface area contributed by atoms with Gasteiger partial charge in [-0.3, -0.25) is 4.79 Å². The van der Waals surface area contributed by atoms with Crippen molar-refractivity contribution in [2.45, 2.75) is 25.4 Å². The summed E-state index contributed by atoms with van der Waals surface area (Å²) in [5.41, 5.74) is 2.89. The molecule has 1 aliphatic rings. The molecule has 138 valence electrons. The second-order valence-corrected chi connectivity index (χ2v) is 7.99. The second-order valence-electron chi connectivity index (χ2n) is 6.86. The van der Waals surface area contributed by atoms with Crippen LogP contribution in [0.25, 0.3) is 11.0 Å². The lowest BCUT2D eigenvalue weighted by Crippen LogP contribution is -2.24. The normalized spacial score (nSPS) is 17.0. The Morgan fingerprint density at radius 1 is 1.22 bits per heavy atom. The van der Waals surface area contributed by atoms with Crippen LogP contribution >= 0.6 is 15.9 Å². The maximum absolute atomic E-state index is 13.1. The molecule has 4 rings (SSSR count). The Bertz CT molecular complexity index is 1010. The molecule has 1 aromatic heterocycles. The van der Waals surface area contributed by atoms with Crippen LogP contribution in [0.4, 0.5) is 4.39 Å². The first-order valence-corrected chi connectivity index (χ1v) is 9.61. The van der Waals surface area contributed by atoms with Gasteiger partial charge in [0.25, 0.3) is 0 Å². The smallest absolute Gasteiger partial charge is 0.223 e. The number of imidazole rings is 1. The van der Waals surface area contributed by atoms with Crippen molar-refractivity contribution >= 4 is 32.9 Å². The molecular formula is C21H19BrFN3O. The fraction of sp³-hybridized carbons (Fsp3) is 0.238. The maximum Gasteiger partial charge on any atom is 0.223 e. The van der Waals surface area contributed by atoms with Crippen LogP contribution in [0, 0.1) is 5.82 Å². The Balaban J connectivity index is 1.61. The summed E-state index contributed by atoms with van der Waals surface area (Å²) in [6.45, 7) is 5.66. The van der Waals surface area contributed by atoms with E-state index in [0.29, 0.717) is 26.1 Å². The highest BCUT2D eigenvalue weighted by molar-refractivity contribution is 9.11. The number of para-hydroxylation sites is 2. The van der Waals surface area contributed by atoms with Crippen LogP contribution in [-0.2, 0) is 17.9 Å². The van der Waals surface area contributed by atoms with Crippen molar-refractivity contribution < 1.29 is 9.18 Å². The predicted molar refractivity (Wildman–Crippen MR) is 107 cm³/mol.